The summed E-state index contributed by atoms with van der Waals surface area (Å²) in [6.07, 6.45) is 10.2. The van der Waals surface area contributed by atoms with E-state index in [1.807, 2.05) is 30.3 Å². The molecule has 1 amide bonds. The lowest BCUT2D eigenvalue weighted by Crippen LogP contribution is -2.25. The van der Waals surface area contributed by atoms with Crippen molar-refractivity contribution in [3.8, 4) is 17.4 Å². The van der Waals surface area contributed by atoms with Crippen LogP contribution in [-0.2, 0) is 14.4 Å². The molecule has 214 valence electrons. The minimum Gasteiger partial charge on any atom is -0.487 e. The highest BCUT2D eigenvalue weighted by atomic mass is 17.2. The van der Waals surface area contributed by atoms with Crippen LogP contribution in [0.1, 0.15) is 19.3 Å². The van der Waals surface area contributed by atoms with Gasteiger partial charge in [0.1, 0.15) is 18.7 Å². The Hall–Kier alpha value is -4.74. The summed E-state index contributed by atoms with van der Waals surface area (Å²) >= 11 is 0. The summed E-state index contributed by atoms with van der Waals surface area (Å²) in [5, 5.41) is 14.7. The monoisotopic (exact) mass is 559 g/mol. The Morgan fingerprint density at radius 2 is 1.95 bits per heavy atom. The van der Waals surface area contributed by atoms with Crippen LogP contribution < -0.4 is 25.0 Å². The number of aromatic nitrogens is 2. The second-order valence-corrected chi connectivity index (χ2v) is 8.86. The molecule has 0 unspecified atom stereocenters. The summed E-state index contributed by atoms with van der Waals surface area (Å²) in [5.74, 6) is 0.893. The first-order valence-corrected chi connectivity index (χ1v) is 13.1. The van der Waals surface area contributed by atoms with E-state index in [-0.39, 0.29) is 17.5 Å². The lowest BCUT2D eigenvalue weighted by molar-refractivity contribution is -0.179. The average molecular weight is 560 g/mol. The third kappa shape index (κ3) is 8.13. The topological polar surface area (TPSA) is 137 Å². The van der Waals surface area contributed by atoms with Crippen molar-refractivity contribution in [1.29, 1.82) is 5.41 Å². The van der Waals surface area contributed by atoms with Crippen LogP contribution in [0.4, 0.5) is 5.69 Å². The Balaban J connectivity index is 1.58. The van der Waals surface area contributed by atoms with E-state index in [2.05, 4.69) is 20.6 Å². The zero-order chi connectivity index (χ0) is 28.9. The number of carbonyl (C=O) groups excluding carboxylic acids is 1. The highest BCUT2D eigenvalue weighted by molar-refractivity contribution is 6.06. The molecule has 1 aliphatic rings. The van der Waals surface area contributed by atoms with Crippen molar-refractivity contribution < 1.29 is 28.8 Å². The minimum absolute atomic E-state index is 0.195. The number of ether oxygens (including phenoxy) is 3. The van der Waals surface area contributed by atoms with Gasteiger partial charge in [-0.05, 0) is 43.5 Å². The number of anilines is 1. The lowest BCUT2D eigenvalue weighted by Gasteiger charge is -2.19. The summed E-state index contributed by atoms with van der Waals surface area (Å²) < 4.78 is 16.7. The number of fused-ring (bicyclic) bond motifs is 1. The Bertz CT molecular complexity index is 1430. The fourth-order valence-corrected chi connectivity index (χ4v) is 4.10. The number of nitrogens with zero attached hydrogens (tertiary/aromatic N) is 2. The number of allylic oxidation sites excluding steroid dienone is 4. The van der Waals surface area contributed by atoms with Crippen LogP contribution in [0.2, 0.25) is 0 Å². The summed E-state index contributed by atoms with van der Waals surface area (Å²) in [6.45, 7) is 1.51. The van der Waals surface area contributed by atoms with Gasteiger partial charge in [-0.25, -0.2) is 9.97 Å². The maximum Gasteiger partial charge on any atom is 0.257 e. The first kappa shape index (κ1) is 29.2. The van der Waals surface area contributed by atoms with Crippen LogP contribution in [0, 0.1) is 5.41 Å². The van der Waals surface area contributed by atoms with Crippen LogP contribution in [0.15, 0.2) is 84.0 Å². The van der Waals surface area contributed by atoms with Crippen molar-refractivity contribution in [2.75, 3.05) is 39.3 Å². The van der Waals surface area contributed by atoms with Crippen molar-refractivity contribution in [3.63, 3.8) is 0 Å². The second kappa shape index (κ2) is 15.2. The number of piperidine rings is 1. The number of nitrogens with one attached hydrogen (secondary N) is 3. The van der Waals surface area contributed by atoms with Gasteiger partial charge < -0.3 is 35.1 Å². The zero-order valence-corrected chi connectivity index (χ0v) is 23.0. The quantitative estimate of drug-likeness (QED) is 0.0516. The Morgan fingerprint density at radius 3 is 2.68 bits per heavy atom. The fraction of sp³-hybridized carbons (Fsp3) is 0.267. The Morgan fingerprint density at radius 1 is 1.10 bits per heavy atom. The number of amides is 1. The first-order valence-electron chi connectivity index (χ1n) is 13.1. The van der Waals surface area contributed by atoms with Gasteiger partial charge in [-0.1, -0.05) is 24.3 Å². The maximum absolute atomic E-state index is 13.2. The number of para-hydroxylation sites is 1. The van der Waals surface area contributed by atoms with Crippen molar-refractivity contribution in [1.82, 2.24) is 15.3 Å². The number of hydrogen-bond donors (Lipinski definition) is 3. The highest BCUT2D eigenvalue weighted by Gasteiger charge is 2.17. The molecule has 4 rings (SSSR count). The van der Waals surface area contributed by atoms with E-state index in [1.165, 1.54) is 13.4 Å². The summed E-state index contributed by atoms with van der Waals surface area (Å²) in [5.41, 5.74) is 2.64. The highest BCUT2D eigenvalue weighted by Crippen LogP contribution is 2.35. The van der Waals surface area contributed by atoms with Gasteiger partial charge in [0.2, 0.25) is 11.6 Å². The molecule has 41 heavy (non-hydrogen) atoms. The van der Waals surface area contributed by atoms with E-state index in [9.17, 15) is 4.79 Å². The van der Waals surface area contributed by atoms with Crippen LogP contribution >= 0.6 is 0 Å². The predicted molar refractivity (Wildman–Crippen MR) is 155 cm³/mol. The molecule has 1 aliphatic heterocycles. The molecular weight excluding hydrogens is 526 g/mol. The molecule has 1 fully saturated rings. The number of hydrogen-bond acceptors (Lipinski definition) is 10. The van der Waals surface area contributed by atoms with E-state index in [0.29, 0.717) is 46.9 Å². The lowest BCUT2D eigenvalue weighted by atomic mass is 10.0. The summed E-state index contributed by atoms with van der Waals surface area (Å²) in [6, 6.07) is 12.6. The summed E-state index contributed by atoms with van der Waals surface area (Å²) in [4.78, 5) is 31.9. The molecule has 11 heteroatoms. The number of rotatable bonds is 13. The minimum atomic E-state index is -0.224. The molecule has 0 aliphatic carbocycles. The largest absolute Gasteiger partial charge is 0.487 e. The van der Waals surface area contributed by atoms with E-state index >= 15 is 0 Å². The third-order valence-corrected chi connectivity index (χ3v) is 6.06. The van der Waals surface area contributed by atoms with Crippen molar-refractivity contribution in [2.45, 2.75) is 19.3 Å². The van der Waals surface area contributed by atoms with E-state index < -0.39 is 0 Å². The van der Waals surface area contributed by atoms with Gasteiger partial charge in [0, 0.05) is 37.2 Å². The Labute approximate surface area is 238 Å². The maximum atomic E-state index is 13.2. The number of methoxy groups -OCH3 is 1. The van der Waals surface area contributed by atoms with Crippen LogP contribution in [0.3, 0.4) is 0 Å². The normalized spacial score (nSPS) is 14.8. The van der Waals surface area contributed by atoms with E-state index in [1.54, 1.807) is 37.5 Å². The molecule has 3 N–H and O–H groups in total. The molecule has 0 atom stereocenters. The van der Waals surface area contributed by atoms with Crippen molar-refractivity contribution in [2.24, 2.45) is 0 Å². The molecular formula is C30H33N5O6. The average Bonchev–Trinajstić information content (AvgIpc) is 3.00. The van der Waals surface area contributed by atoms with E-state index in [4.69, 9.17) is 29.4 Å². The van der Waals surface area contributed by atoms with Gasteiger partial charge in [-0.3, -0.25) is 4.79 Å². The number of benzene rings is 2. The van der Waals surface area contributed by atoms with Gasteiger partial charge >= 0.3 is 0 Å². The predicted octanol–water partition coefficient (Wildman–Crippen LogP) is 4.73. The van der Waals surface area contributed by atoms with Crippen LogP contribution in [-0.4, -0.2) is 56.1 Å². The molecule has 0 radical (unpaired) electrons. The molecule has 1 saturated heterocycles. The van der Waals surface area contributed by atoms with Gasteiger partial charge in [0.25, 0.3) is 5.91 Å². The van der Waals surface area contributed by atoms with Crippen molar-refractivity contribution >= 4 is 28.7 Å². The van der Waals surface area contributed by atoms with Gasteiger partial charge in [-0.15, -0.1) is 0 Å². The molecule has 3 aromatic rings. The third-order valence-electron chi connectivity index (χ3n) is 6.06. The smallest absolute Gasteiger partial charge is 0.257 e. The van der Waals surface area contributed by atoms with Crippen LogP contribution in [0.25, 0.3) is 10.9 Å². The standard InChI is InChI=1S/C30H33N5O6/c1-37-15-16-39-27-18-26-24(17-28(27)41-38-2)30(34-20-33-26)40-22(19-31)11-8-12-23(25-13-6-7-14-32-25)29(36)35-21-9-4-3-5-10-21/h3-5,8-12,17-20,31-32H,6-7,13-16H2,1-2H3,(H,35,36)/b12-8+,22-11+,25-23-,31-19?. The fourth-order valence-electron chi connectivity index (χ4n) is 4.10. The second-order valence-electron chi connectivity index (χ2n) is 8.86. The zero-order valence-electron chi connectivity index (χ0n) is 23.0. The van der Waals surface area contributed by atoms with Gasteiger partial charge in [0.05, 0.1) is 36.4 Å². The summed E-state index contributed by atoms with van der Waals surface area (Å²) in [7, 11) is 2.97. The molecule has 0 spiro atoms. The molecule has 11 nitrogen and oxygen atoms in total. The molecule has 2 aromatic carbocycles. The molecule has 0 saturated carbocycles. The van der Waals surface area contributed by atoms with Gasteiger partial charge in [0.15, 0.2) is 5.75 Å². The van der Waals surface area contributed by atoms with E-state index in [0.717, 1.165) is 37.7 Å². The van der Waals surface area contributed by atoms with Crippen LogP contribution in [0.5, 0.6) is 17.4 Å². The SMILES string of the molecule is COCCOc1cc2ncnc(O/C(C=N)=C/C=C/C(C(=O)Nc3ccccc3)=C3\CCCCN3)c2cc1OOC. The van der Waals surface area contributed by atoms with Crippen molar-refractivity contribution in [3.05, 3.63) is 84.0 Å². The first-order chi connectivity index (χ1) is 20.1. The molecule has 0 bridgehead atoms. The molecule has 2 heterocycles. The Kier molecular flexibility index (Phi) is 10.8. The van der Waals surface area contributed by atoms with Gasteiger partial charge in [-0.2, -0.15) is 4.89 Å². The molecule has 1 aromatic heterocycles. The number of carbonyl (C=O) groups is 1.